The van der Waals surface area contributed by atoms with E-state index >= 15 is 0 Å². The number of nitrogens with one attached hydrogen (secondary N) is 3. The normalized spacial score (nSPS) is 23.4. The van der Waals surface area contributed by atoms with Crippen LogP contribution in [0.5, 0.6) is 0 Å². The summed E-state index contributed by atoms with van der Waals surface area (Å²) < 4.78 is 0. The number of aromatic nitrogens is 2. The molecule has 5 heteroatoms. The fourth-order valence-electron chi connectivity index (χ4n) is 2.52. The molecule has 0 spiro atoms. The number of hydrogen-bond donors (Lipinski definition) is 3. The van der Waals surface area contributed by atoms with Gasteiger partial charge < -0.3 is 10.6 Å². The molecule has 0 radical (unpaired) electrons. The molecule has 1 amide bonds. The fourth-order valence-corrected chi connectivity index (χ4v) is 2.52. The predicted octanol–water partition coefficient (Wildman–Crippen LogP) is 1.50. The highest BCUT2D eigenvalue weighted by atomic mass is 16.2. The number of fused-ring (bicyclic) bond motifs is 1. The molecule has 0 bridgehead atoms. The Morgan fingerprint density at radius 3 is 3.17 bits per heavy atom. The molecule has 94 valence electrons. The van der Waals surface area contributed by atoms with E-state index in [1.807, 2.05) is 25.1 Å². The van der Waals surface area contributed by atoms with Gasteiger partial charge in [0.05, 0.1) is 23.3 Å². The summed E-state index contributed by atoms with van der Waals surface area (Å²) in [7, 11) is 0. The lowest BCUT2D eigenvalue weighted by atomic mass is 10.0. The number of amides is 1. The van der Waals surface area contributed by atoms with Gasteiger partial charge in [-0.25, -0.2) is 0 Å². The second kappa shape index (κ2) is 4.42. The number of carbonyl (C=O) groups is 1. The van der Waals surface area contributed by atoms with E-state index in [9.17, 15) is 4.79 Å². The standard InChI is InChI=1S/C13H16N4O/c1-8-10(5-6-14-8)13(18)16-11-4-2-3-9-7-15-17-12(9)11/h2-4,7-8,10,14H,5-6H2,1H3,(H,15,17)(H,16,18). The lowest BCUT2D eigenvalue weighted by Gasteiger charge is -2.15. The minimum absolute atomic E-state index is 0.0446. The largest absolute Gasteiger partial charge is 0.324 e. The molecule has 1 aliphatic rings. The van der Waals surface area contributed by atoms with E-state index in [0.29, 0.717) is 0 Å². The van der Waals surface area contributed by atoms with Crippen LogP contribution in [0.3, 0.4) is 0 Å². The number of para-hydroxylation sites is 1. The summed E-state index contributed by atoms with van der Waals surface area (Å²) in [6.07, 6.45) is 2.65. The van der Waals surface area contributed by atoms with Crippen molar-refractivity contribution in [1.29, 1.82) is 0 Å². The Labute approximate surface area is 105 Å². The highest BCUT2D eigenvalue weighted by Crippen LogP contribution is 2.23. The maximum atomic E-state index is 12.2. The van der Waals surface area contributed by atoms with Crippen LogP contribution in [0.1, 0.15) is 13.3 Å². The number of carbonyl (C=O) groups excluding carboxylic acids is 1. The second-order valence-electron chi connectivity index (χ2n) is 4.77. The monoisotopic (exact) mass is 244 g/mol. The molecule has 2 aromatic rings. The first-order valence-electron chi connectivity index (χ1n) is 6.22. The third-order valence-corrected chi connectivity index (χ3v) is 3.60. The molecule has 2 heterocycles. The number of aromatic amines is 1. The molecule has 2 atom stereocenters. The number of nitrogens with zero attached hydrogens (tertiary/aromatic N) is 1. The third kappa shape index (κ3) is 1.86. The number of anilines is 1. The molecular formula is C13H16N4O. The zero-order valence-electron chi connectivity index (χ0n) is 10.2. The molecule has 1 aliphatic heterocycles. The average Bonchev–Trinajstić information content (AvgIpc) is 2.97. The first-order valence-corrected chi connectivity index (χ1v) is 6.22. The summed E-state index contributed by atoms with van der Waals surface area (Å²) in [6.45, 7) is 2.96. The summed E-state index contributed by atoms with van der Waals surface area (Å²) >= 11 is 0. The summed E-state index contributed by atoms with van der Waals surface area (Å²) in [4.78, 5) is 12.2. The number of rotatable bonds is 2. The van der Waals surface area contributed by atoms with Gasteiger partial charge in [-0.15, -0.1) is 0 Å². The molecular weight excluding hydrogens is 228 g/mol. The lowest BCUT2D eigenvalue weighted by molar-refractivity contribution is -0.119. The van der Waals surface area contributed by atoms with Crippen LogP contribution in [-0.4, -0.2) is 28.7 Å². The third-order valence-electron chi connectivity index (χ3n) is 3.60. The number of benzene rings is 1. The van der Waals surface area contributed by atoms with Gasteiger partial charge in [0, 0.05) is 11.4 Å². The zero-order chi connectivity index (χ0) is 12.5. The van der Waals surface area contributed by atoms with E-state index < -0.39 is 0 Å². The highest BCUT2D eigenvalue weighted by Gasteiger charge is 2.29. The van der Waals surface area contributed by atoms with Crippen LogP contribution in [0.15, 0.2) is 24.4 Å². The topological polar surface area (TPSA) is 69.8 Å². The molecule has 18 heavy (non-hydrogen) atoms. The Kier molecular flexibility index (Phi) is 2.76. The Balaban J connectivity index is 1.84. The molecule has 0 aliphatic carbocycles. The predicted molar refractivity (Wildman–Crippen MR) is 70.3 cm³/mol. The zero-order valence-corrected chi connectivity index (χ0v) is 10.2. The molecule has 0 saturated carbocycles. The van der Waals surface area contributed by atoms with E-state index in [1.54, 1.807) is 6.20 Å². The van der Waals surface area contributed by atoms with Crippen molar-refractivity contribution < 1.29 is 4.79 Å². The van der Waals surface area contributed by atoms with Gasteiger partial charge >= 0.3 is 0 Å². The quantitative estimate of drug-likeness (QED) is 0.749. The van der Waals surface area contributed by atoms with Gasteiger partial charge in [0.2, 0.25) is 5.91 Å². The van der Waals surface area contributed by atoms with Crippen molar-refractivity contribution >= 4 is 22.5 Å². The van der Waals surface area contributed by atoms with Crippen molar-refractivity contribution in [3.05, 3.63) is 24.4 Å². The van der Waals surface area contributed by atoms with E-state index in [0.717, 1.165) is 29.6 Å². The lowest BCUT2D eigenvalue weighted by Crippen LogP contribution is -2.32. The molecule has 5 nitrogen and oxygen atoms in total. The van der Waals surface area contributed by atoms with Crippen LogP contribution in [0.25, 0.3) is 10.9 Å². The molecule has 1 saturated heterocycles. The summed E-state index contributed by atoms with van der Waals surface area (Å²) in [5, 5.41) is 14.2. The van der Waals surface area contributed by atoms with Crippen molar-refractivity contribution in [2.24, 2.45) is 5.92 Å². The van der Waals surface area contributed by atoms with Gasteiger partial charge in [0.15, 0.2) is 0 Å². The van der Waals surface area contributed by atoms with E-state index in [-0.39, 0.29) is 17.9 Å². The Bertz CT molecular complexity index is 577. The molecule has 3 N–H and O–H groups in total. The highest BCUT2D eigenvalue weighted by molar-refractivity contribution is 6.01. The summed E-state index contributed by atoms with van der Waals surface area (Å²) in [5.41, 5.74) is 1.68. The van der Waals surface area contributed by atoms with Crippen LogP contribution in [0.2, 0.25) is 0 Å². The van der Waals surface area contributed by atoms with Gasteiger partial charge in [0.1, 0.15) is 0 Å². The van der Waals surface area contributed by atoms with E-state index in [4.69, 9.17) is 0 Å². The number of hydrogen-bond acceptors (Lipinski definition) is 3. The second-order valence-corrected chi connectivity index (χ2v) is 4.77. The van der Waals surface area contributed by atoms with Crippen molar-refractivity contribution in [3.63, 3.8) is 0 Å². The molecule has 1 aromatic heterocycles. The molecule has 3 rings (SSSR count). The average molecular weight is 244 g/mol. The summed E-state index contributed by atoms with van der Waals surface area (Å²) in [6, 6.07) is 6.02. The van der Waals surface area contributed by atoms with Crippen LogP contribution in [0.4, 0.5) is 5.69 Å². The molecule has 1 aromatic carbocycles. The fraction of sp³-hybridized carbons (Fsp3) is 0.385. The Morgan fingerprint density at radius 2 is 2.39 bits per heavy atom. The van der Waals surface area contributed by atoms with Crippen LogP contribution >= 0.6 is 0 Å². The maximum Gasteiger partial charge on any atom is 0.229 e. The number of H-pyrrole nitrogens is 1. The smallest absolute Gasteiger partial charge is 0.229 e. The first-order chi connectivity index (χ1) is 8.75. The van der Waals surface area contributed by atoms with Gasteiger partial charge in [-0.05, 0) is 26.0 Å². The Morgan fingerprint density at radius 1 is 1.50 bits per heavy atom. The van der Waals surface area contributed by atoms with Crippen molar-refractivity contribution in [1.82, 2.24) is 15.5 Å². The van der Waals surface area contributed by atoms with Gasteiger partial charge in [0.25, 0.3) is 0 Å². The SMILES string of the molecule is CC1NCCC1C(=O)Nc1cccc2cn[nH]c12. The van der Waals surface area contributed by atoms with Crippen LogP contribution < -0.4 is 10.6 Å². The van der Waals surface area contributed by atoms with E-state index in [1.165, 1.54) is 0 Å². The van der Waals surface area contributed by atoms with Crippen molar-refractivity contribution in [2.75, 3.05) is 11.9 Å². The summed E-state index contributed by atoms with van der Waals surface area (Å²) in [5.74, 6) is 0.123. The van der Waals surface area contributed by atoms with Gasteiger partial charge in [-0.1, -0.05) is 12.1 Å². The first kappa shape index (κ1) is 11.2. The van der Waals surface area contributed by atoms with Gasteiger partial charge in [-0.2, -0.15) is 5.10 Å². The van der Waals surface area contributed by atoms with Crippen LogP contribution in [0, 0.1) is 5.92 Å². The van der Waals surface area contributed by atoms with Crippen molar-refractivity contribution in [3.8, 4) is 0 Å². The maximum absolute atomic E-state index is 12.2. The minimum atomic E-state index is 0.0446. The van der Waals surface area contributed by atoms with Crippen LogP contribution in [-0.2, 0) is 4.79 Å². The Hall–Kier alpha value is -1.88. The van der Waals surface area contributed by atoms with E-state index in [2.05, 4.69) is 20.8 Å². The van der Waals surface area contributed by atoms with Gasteiger partial charge in [-0.3, -0.25) is 9.89 Å². The minimum Gasteiger partial charge on any atom is -0.324 e. The molecule has 1 fully saturated rings. The molecule has 2 unspecified atom stereocenters. The van der Waals surface area contributed by atoms with Crippen molar-refractivity contribution in [2.45, 2.75) is 19.4 Å².